The third kappa shape index (κ3) is 5.66. The summed E-state index contributed by atoms with van der Waals surface area (Å²) in [5.74, 6) is -1.71. The van der Waals surface area contributed by atoms with Gasteiger partial charge in [-0.05, 0) is 49.8 Å². The molecule has 0 atom stereocenters. The van der Waals surface area contributed by atoms with Gasteiger partial charge in [-0.3, -0.25) is 0 Å². The fraction of sp³-hybridized carbons (Fsp3) is 0.500. The molecule has 0 unspecified atom stereocenters. The van der Waals surface area contributed by atoms with Gasteiger partial charge in [0.25, 0.3) is 0 Å². The molecule has 1 amide bonds. The van der Waals surface area contributed by atoms with E-state index in [2.05, 4.69) is 10.3 Å². The summed E-state index contributed by atoms with van der Waals surface area (Å²) in [4.78, 5) is 14.5. The molecule has 0 saturated heterocycles. The average molecular weight is 384 g/mol. The molecular formula is C12H15F2IN2O2. The van der Waals surface area contributed by atoms with Crippen LogP contribution in [0.2, 0.25) is 0 Å². The largest absolute Gasteiger partial charge is 0.444 e. The van der Waals surface area contributed by atoms with E-state index in [1.807, 2.05) is 22.6 Å². The van der Waals surface area contributed by atoms with Gasteiger partial charge in [-0.1, -0.05) is 0 Å². The van der Waals surface area contributed by atoms with Crippen molar-refractivity contribution in [1.29, 1.82) is 0 Å². The number of alkyl carbamates (subject to hydrolysis) is 1. The number of aromatic nitrogens is 1. The van der Waals surface area contributed by atoms with Crippen molar-refractivity contribution in [1.82, 2.24) is 10.3 Å². The van der Waals surface area contributed by atoms with E-state index in [4.69, 9.17) is 4.74 Å². The summed E-state index contributed by atoms with van der Waals surface area (Å²) in [6, 6.07) is 1.15. The third-order valence-corrected chi connectivity index (χ3v) is 2.99. The van der Waals surface area contributed by atoms with Gasteiger partial charge in [0.2, 0.25) is 11.9 Å². The number of pyridine rings is 1. The lowest BCUT2D eigenvalue weighted by Gasteiger charge is -2.19. The van der Waals surface area contributed by atoms with Gasteiger partial charge in [0.1, 0.15) is 5.60 Å². The molecule has 1 aromatic rings. The lowest BCUT2D eigenvalue weighted by atomic mass is 10.2. The Balaban J connectivity index is 2.52. The zero-order valence-corrected chi connectivity index (χ0v) is 13.0. The van der Waals surface area contributed by atoms with Gasteiger partial charge in [-0.25, -0.2) is 4.79 Å². The van der Waals surface area contributed by atoms with Crippen molar-refractivity contribution in [2.75, 3.05) is 6.54 Å². The number of carbonyl (C=O) groups is 1. The SMILES string of the molecule is CC(C)(C)OC(=O)NCCc1c(I)cc(F)nc1F. The first-order valence-corrected chi connectivity index (χ1v) is 6.74. The van der Waals surface area contributed by atoms with Gasteiger partial charge in [0, 0.05) is 21.7 Å². The van der Waals surface area contributed by atoms with E-state index in [9.17, 15) is 13.6 Å². The van der Waals surface area contributed by atoms with Crippen LogP contribution in [0.5, 0.6) is 0 Å². The molecule has 1 heterocycles. The highest BCUT2D eigenvalue weighted by Gasteiger charge is 2.16. The molecule has 0 aliphatic heterocycles. The predicted molar refractivity (Wildman–Crippen MR) is 74.8 cm³/mol. The number of amides is 1. The van der Waals surface area contributed by atoms with E-state index in [1.165, 1.54) is 0 Å². The number of hydrogen-bond acceptors (Lipinski definition) is 3. The van der Waals surface area contributed by atoms with E-state index in [-0.39, 0.29) is 18.5 Å². The van der Waals surface area contributed by atoms with Crippen LogP contribution in [-0.2, 0) is 11.2 Å². The maximum Gasteiger partial charge on any atom is 0.407 e. The Hall–Kier alpha value is -0.990. The minimum atomic E-state index is -0.856. The van der Waals surface area contributed by atoms with Crippen molar-refractivity contribution in [2.45, 2.75) is 32.8 Å². The van der Waals surface area contributed by atoms with Crippen LogP contribution in [0.3, 0.4) is 0 Å². The van der Waals surface area contributed by atoms with Crippen LogP contribution in [0.15, 0.2) is 6.07 Å². The Morgan fingerprint density at radius 2 is 2.11 bits per heavy atom. The Morgan fingerprint density at radius 3 is 2.63 bits per heavy atom. The minimum absolute atomic E-state index is 0.190. The highest BCUT2D eigenvalue weighted by molar-refractivity contribution is 14.1. The number of nitrogens with one attached hydrogen (secondary N) is 1. The van der Waals surface area contributed by atoms with E-state index >= 15 is 0 Å². The van der Waals surface area contributed by atoms with Crippen molar-refractivity contribution < 1.29 is 18.3 Å². The van der Waals surface area contributed by atoms with Gasteiger partial charge in [0.05, 0.1) is 0 Å². The molecule has 0 bridgehead atoms. The fourth-order valence-electron chi connectivity index (χ4n) is 1.31. The van der Waals surface area contributed by atoms with Gasteiger partial charge < -0.3 is 10.1 Å². The molecule has 0 spiro atoms. The summed E-state index contributed by atoms with van der Waals surface area (Å²) in [5, 5.41) is 2.50. The second kappa shape index (κ2) is 6.44. The average Bonchev–Trinajstić information content (AvgIpc) is 2.19. The number of rotatable bonds is 3. The molecule has 4 nitrogen and oxygen atoms in total. The standard InChI is InChI=1S/C12H15F2IN2O2/c1-12(2,3)19-11(18)16-5-4-7-8(15)6-9(13)17-10(7)14/h6H,4-5H2,1-3H3,(H,16,18). The van der Waals surface area contributed by atoms with Crippen LogP contribution in [0.4, 0.5) is 13.6 Å². The van der Waals surface area contributed by atoms with Crippen molar-refractivity contribution >= 4 is 28.7 Å². The van der Waals surface area contributed by atoms with Gasteiger partial charge >= 0.3 is 6.09 Å². The molecular weight excluding hydrogens is 369 g/mol. The summed E-state index contributed by atoms with van der Waals surface area (Å²) in [6.45, 7) is 5.44. The van der Waals surface area contributed by atoms with Crippen molar-refractivity contribution in [3.63, 3.8) is 0 Å². The van der Waals surface area contributed by atoms with Crippen molar-refractivity contribution in [2.24, 2.45) is 0 Å². The molecule has 1 aromatic heterocycles. The third-order valence-electron chi connectivity index (χ3n) is 2.03. The fourth-order valence-corrected chi connectivity index (χ4v) is 2.06. The maximum absolute atomic E-state index is 13.4. The summed E-state index contributed by atoms with van der Waals surface area (Å²) in [7, 11) is 0. The molecule has 0 aliphatic carbocycles. The minimum Gasteiger partial charge on any atom is -0.444 e. The second-order valence-corrected chi connectivity index (χ2v) is 6.04. The lowest BCUT2D eigenvalue weighted by Crippen LogP contribution is -2.33. The van der Waals surface area contributed by atoms with Crippen LogP contribution in [0.1, 0.15) is 26.3 Å². The normalized spacial score (nSPS) is 11.3. The van der Waals surface area contributed by atoms with E-state index in [0.29, 0.717) is 3.57 Å². The van der Waals surface area contributed by atoms with Crippen LogP contribution in [0, 0.1) is 15.5 Å². The molecule has 19 heavy (non-hydrogen) atoms. The van der Waals surface area contributed by atoms with E-state index in [0.717, 1.165) is 6.07 Å². The number of halogens is 3. The molecule has 0 aliphatic rings. The number of nitrogens with zero attached hydrogens (tertiary/aromatic N) is 1. The Kier molecular flexibility index (Phi) is 5.45. The zero-order chi connectivity index (χ0) is 14.6. The zero-order valence-electron chi connectivity index (χ0n) is 10.9. The van der Waals surface area contributed by atoms with Crippen LogP contribution in [0.25, 0.3) is 0 Å². The monoisotopic (exact) mass is 384 g/mol. The van der Waals surface area contributed by atoms with Gasteiger partial charge in [-0.15, -0.1) is 0 Å². The summed E-state index contributed by atoms with van der Waals surface area (Å²) >= 11 is 1.83. The maximum atomic E-state index is 13.4. The molecule has 1 rings (SSSR count). The summed E-state index contributed by atoms with van der Waals surface area (Å²) < 4.78 is 31.7. The number of carbonyl (C=O) groups excluding carboxylic acids is 1. The smallest absolute Gasteiger partial charge is 0.407 e. The van der Waals surface area contributed by atoms with Gasteiger partial charge in [-0.2, -0.15) is 13.8 Å². The lowest BCUT2D eigenvalue weighted by molar-refractivity contribution is 0.0528. The highest BCUT2D eigenvalue weighted by Crippen LogP contribution is 2.16. The molecule has 0 saturated carbocycles. The predicted octanol–water partition coefficient (Wildman–Crippen LogP) is 3.03. The summed E-state index contributed by atoms with van der Waals surface area (Å²) in [5.41, 5.74) is -0.306. The van der Waals surface area contributed by atoms with Crippen molar-refractivity contribution in [3.05, 3.63) is 27.1 Å². The first-order chi connectivity index (χ1) is 8.69. The highest BCUT2D eigenvalue weighted by atomic mass is 127. The number of ether oxygens (including phenoxy) is 1. The Labute approximate surface area is 124 Å². The summed E-state index contributed by atoms with van der Waals surface area (Å²) in [6.07, 6.45) is -0.352. The topological polar surface area (TPSA) is 51.2 Å². The van der Waals surface area contributed by atoms with E-state index in [1.54, 1.807) is 20.8 Å². The van der Waals surface area contributed by atoms with E-state index < -0.39 is 23.6 Å². The second-order valence-electron chi connectivity index (χ2n) is 4.87. The number of hydrogen-bond donors (Lipinski definition) is 1. The Bertz CT molecular complexity index is 452. The molecule has 106 valence electrons. The van der Waals surface area contributed by atoms with Gasteiger partial charge in [0.15, 0.2) is 0 Å². The molecule has 7 heteroatoms. The quantitative estimate of drug-likeness (QED) is 0.644. The molecule has 0 aromatic carbocycles. The Morgan fingerprint density at radius 1 is 1.47 bits per heavy atom. The molecule has 0 fully saturated rings. The van der Waals surface area contributed by atoms with Crippen LogP contribution in [-0.4, -0.2) is 23.2 Å². The van der Waals surface area contributed by atoms with Crippen LogP contribution < -0.4 is 5.32 Å². The molecule has 0 radical (unpaired) electrons. The molecule has 1 N–H and O–H groups in total. The first-order valence-electron chi connectivity index (χ1n) is 5.66. The first kappa shape index (κ1) is 16.1. The van der Waals surface area contributed by atoms with Crippen molar-refractivity contribution in [3.8, 4) is 0 Å². The van der Waals surface area contributed by atoms with Crippen LogP contribution >= 0.6 is 22.6 Å².